The van der Waals surface area contributed by atoms with E-state index in [2.05, 4.69) is 10.0 Å². The lowest BCUT2D eigenvalue weighted by atomic mass is 10.1. The van der Waals surface area contributed by atoms with E-state index in [1.54, 1.807) is 30.3 Å². The number of benzene rings is 2. The minimum absolute atomic E-state index is 0.0395. The number of hydrogen-bond acceptors (Lipinski definition) is 4. The summed E-state index contributed by atoms with van der Waals surface area (Å²) in [5.41, 5.74) is 1.02. The van der Waals surface area contributed by atoms with Crippen molar-refractivity contribution in [3.05, 3.63) is 58.6 Å². The molecule has 152 valence electrons. The molecule has 0 bridgehead atoms. The van der Waals surface area contributed by atoms with Crippen LogP contribution in [0.15, 0.2) is 47.4 Å². The van der Waals surface area contributed by atoms with Crippen LogP contribution in [0.2, 0.25) is 5.02 Å². The first-order valence-corrected chi connectivity index (χ1v) is 10.9. The number of carbonyl (C=O) groups excluding carboxylic acids is 1. The number of nitrogens with one attached hydrogen (secondary N) is 2. The van der Waals surface area contributed by atoms with Crippen molar-refractivity contribution in [2.24, 2.45) is 0 Å². The lowest BCUT2D eigenvalue weighted by Gasteiger charge is -2.16. The Morgan fingerprint density at radius 1 is 1.11 bits per heavy atom. The number of ether oxygens (including phenoxy) is 1. The molecule has 0 unspecified atom stereocenters. The Hall–Kier alpha value is -2.09. The van der Waals surface area contributed by atoms with Gasteiger partial charge in [0.15, 0.2) is 0 Å². The summed E-state index contributed by atoms with van der Waals surface area (Å²) >= 11 is 5.85. The fourth-order valence-electron chi connectivity index (χ4n) is 2.65. The molecule has 0 radical (unpaired) electrons. The second-order valence-electron chi connectivity index (χ2n) is 6.30. The zero-order valence-electron chi connectivity index (χ0n) is 16.2. The van der Waals surface area contributed by atoms with E-state index in [9.17, 15) is 13.2 Å². The molecule has 2 N–H and O–H groups in total. The van der Waals surface area contributed by atoms with Gasteiger partial charge in [-0.25, -0.2) is 13.1 Å². The first-order chi connectivity index (χ1) is 13.3. The van der Waals surface area contributed by atoms with E-state index in [0.29, 0.717) is 5.02 Å². The summed E-state index contributed by atoms with van der Waals surface area (Å²) in [5.74, 6) is -0.145. The Kier molecular flexibility index (Phi) is 7.86. The zero-order chi connectivity index (χ0) is 20.7. The summed E-state index contributed by atoms with van der Waals surface area (Å²) in [4.78, 5) is 12.4. The number of sulfonamides is 1. The van der Waals surface area contributed by atoms with Crippen LogP contribution in [0.25, 0.3) is 0 Å². The number of hydrogen-bond donors (Lipinski definition) is 2. The van der Waals surface area contributed by atoms with Gasteiger partial charge in [-0.1, -0.05) is 37.6 Å². The second-order valence-corrected chi connectivity index (χ2v) is 8.48. The van der Waals surface area contributed by atoms with Gasteiger partial charge in [-0.15, -0.1) is 0 Å². The molecule has 0 aromatic heterocycles. The SMILES string of the molecule is CCC(CC)NC(=O)c1ccc(OC)c(S(=O)(=O)NCc2ccc(Cl)cc2)c1. The molecule has 0 spiro atoms. The van der Waals surface area contributed by atoms with Crippen molar-refractivity contribution in [3.8, 4) is 5.75 Å². The fourth-order valence-corrected chi connectivity index (χ4v) is 3.98. The molecular weight excluding hydrogens is 400 g/mol. The molecule has 28 heavy (non-hydrogen) atoms. The zero-order valence-corrected chi connectivity index (χ0v) is 17.7. The number of carbonyl (C=O) groups is 1. The predicted molar refractivity (Wildman–Crippen MR) is 110 cm³/mol. The van der Waals surface area contributed by atoms with Gasteiger partial charge in [0.25, 0.3) is 5.91 Å². The van der Waals surface area contributed by atoms with E-state index >= 15 is 0 Å². The summed E-state index contributed by atoms with van der Waals surface area (Å²) in [6.07, 6.45) is 1.60. The maximum Gasteiger partial charge on any atom is 0.251 e. The smallest absolute Gasteiger partial charge is 0.251 e. The second kappa shape index (κ2) is 9.91. The van der Waals surface area contributed by atoms with Crippen LogP contribution in [-0.2, 0) is 16.6 Å². The number of amides is 1. The minimum atomic E-state index is -3.89. The maximum absolute atomic E-state index is 12.8. The van der Waals surface area contributed by atoms with Crippen molar-refractivity contribution >= 4 is 27.5 Å². The average Bonchev–Trinajstić information content (AvgIpc) is 2.70. The number of halogens is 1. The summed E-state index contributed by atoms with van der Waals surface area (Å²) in [7, 11) is -2.51. The number of rotatable bonds is 9. The van der Waals surface area contributed by atoms with E-state index in [1.165, 1.54) is 19.2 Å². The quantitative estimate of drug-likeness (QED) is 0.642. The molecule has 0 saturated carbocycles. The highest BCUT2D eigenvalue weighted by molar-refractivity contribution is 7.89. The van der Waals surface area contributed by atoms with E-state index in [1.807, 2.05) is 13.8 Å². The minimum Gasteiger partial charge on any atom is -0.495 e. The summed E-state index contributed by atoms with van der Waals surface area (Å²) in [6.45, 7) is 4.06. The molecule has 6 nitrogen and oxygen atoms in total. The van der Waals surface area contributed by atoms with Gasteiger partial charge in [-0.05, 0) is 48.7 Å². The molecule has 0 saturated heterocycles. The van der Waals surface area contributed by atoms with Crippen LogP contribution in [0, 0.1) is 0 Å². The molecule has 2 rings (SSSR count). The van der Waals surface area contributed by atoms with Gasteiger partial charge in [0, 0.05) is 23.2 Å². The van der Waals surface area contributed by atoms with E-state index < -0.39 is 10.0 Å². The maximum atomic E-state index is 12.8. The van der Waals surface area contributed by atoms with Crippen LogP contribution < -0.4 is 14.8 Å². The van der Waals surface area contributed by atoms with E-state index in [-0.39, 0.29) is 34.7 Å². The van der Waals surface area contributed by atoms with Gasteiger partial charge < -0.3 is 10.1 Å². The first-order valence-electron chi connectivity index (χ1n) is 9.03. The summed E-state index contributed by atoms with van der Waals surface area (Å²) in [5, 5.41) is 3.48. The van der Waals surface area contributed by atoms with Crippen LogP contribution in [0.3, 0.4) is 0 Å². The highest BCUT2D eigenvalue weighted by atomic mass is 35.5. The Bertz CT molecular complexity index is 910. The summed E-state index contributed by atoms with van der Waals surface area (Å²) < 4.78 is 33.3. The van der Waals surface area contributed by atoms with Crippen molar-refractivity contribution in [2.75, 3.05) is 7.11 Å². The van der Waals surface area contributed by atoms with Crippen LogP contribution in [0.1, 0.15) is 42.6 Å². The van der Waals surface area contributed by atoms with Crippen molar-refractivity contribution in [2.45, 2.75) is 44.2 Å². The van der Waals surface area contributed by atoms with Gasteiger partial charge >= 0.3 is 0 Å². The van der Waals surface area contributed by atoms with E-state index in [4.69, 9.17) is 16.3 Å². The highest BCUT2D eigenvalue weighted by Gasteiger charge is 2.22. The molecule has 2 aromatic rings. The first kappa shape index (κ1) is 22.2. The average molecular weight is 425 g/mol. The van der Waals surface area contributed by atoms with Crippen LogP contribution in [0.4, 0.5) is 0 Å². The van der Waals surface area contributed by atoms with Crippen molar-refractivity contribution in [3.63, 3.8) is 0 Å². The molecule has 0 atom stereocenters. The molecule has 1 amide bonds. The Labute approximate surface area is 171 Å². The molecule has 0 aliphatic heterocycles. The molecule has 0 aliphatic rings. The largest absolute Gasteiger partial charge is 0.495 e. The molecule has 0 heterocycles. The topological polar surface area (TPSA) is 84.5 Å². The highest BCUT2D eigenvalue weighted by Crippen LogP contribution is 2.25. The van der Waals surface area contributed by atoms with Gasteiger partial charge in [-0.3, -0.25) is 4.79 Å². The molecular formula is C20H25ClN2O4S. The predicted octanol–water partition coefficient (Wildman–Crippen LogP) is 3.75. The Balaban J connectivity index is 2.25. The van der Waals surface area contributed by atoms with Gasteiger partial charge in [-0.2, -0.15) is 0 Å². The third-order valence-electron chi connectivity index (χ3n) is 4.42. The van der Waals surface area contributed by atoms with Crippen molar-refractivity contribution in [1.29, 1.82) is 0 Å². The number of methoxy groups -OCH3 is 1. The molecule has 2 aromatic carbocycles. The lowest BCUT2D eigenvalue weighted by Crippen LogP contribution is -2.34. The van der Waals surface area contributed by atoms with Gasteiger partial charge in [0.1, 0.15) is 10.6 Å². The molecule has 8 heteroatoms. The third kappa shape index (κ3) is 5.70. The van der Waals surface area contributed by atoms with Crippen LogP contribution in [0.5, 0.6) is 5.75 Å². The van der Waals surface area contributed by atoms with Gasteiger partial charge in [0.05, 0.1) is 7.11 Å². The fraction of sp³-hybridized carbons (Fsp3) is 0.350. The monoisotopic (exact) mass is 424 g/mol. The van der Waals surface area contributed by atoms with Crippen LogP contribution >= 0.6 is 11.6 Å². The molecule has 0 aliphatic carbocycles. The Morgan fingerprint density at radius 3 is 2.32 bits per heavy atom. The van der Waals surface area contributed by atoms with E-state index in [0.717, 1.165) is 18.4 Å². The van der Waals surface area contributed by atoms with Crippen molar-refractivity contribution in [1.82, 2.24) is 10.0 Å². The summed E-state index contributed by atoms with van der Waals surface area (Å²) in [6, 6.07) is 11.3. The molecule has 0 fully saturated rings. The third-order valence-corrected chi connectivity index (χ3v) is 6.09. The lowest BCUT2D eigenvalue weighted by molar-refractivity contribution is 0.0934. The normalized spacial score (nSPS) is 11.5. The van der Waals surface area contributed by atoms with Crippen molar-refractivity contribution < 1.29 is 17.9 Å². The van der Waals surface area contributed by atoms with Gasteiger partial charge in [0.2, 0.25) is 10.0 Å². The van der Waals surface area contributed by atoms with Crippen LogP contribution in [-0.4, -0.2) is 27.5 Å². The standard InChI is InChI=1S/C20H25ClN2O4S/c1-4-17(5-2)23-20(24)15-8-11-18(27-3)19(12-15)28(25,26)22-13-14-6-9-16(21)10-7-14/h6-12,17,22H,4-5,13H2,1-3H3,(H,23,24). The Morgan fingerprint density at radius 2 is 1.75 bits per heavy atom.